The van der Waals surface area contributed by atoms with Crippen LogP contribution >= 0.6 is 0 Å². The van der Waals surface area contributed by atoms with Crippen molar-refractivity contribution in [1.82, 2.24) is 0 Å². The average Bonchev–Trinajstić information content (AvgIpc) is 3.74. The Morgan fingerprint density at radius 3 is 2.58 bits per heavy atom. The van der Waals surface area contributed by atoms with E-state index in [2.05, 4.69) is 26.8 Å². The fourth-order valence-electron chi connectivity index (χ4n) is 6.10. The highest BCUT2D eigenvalue weighted by molar-refractivity contribution is 5.87. The van der Waals surface area contributed by atoms with Gasteiger partial charge in [0.1, 0.15) is 12.2 Å². The summed E-state index contributed by atoms with van der Waals surface area (Å²) >= 11 is 0. The Kier molecular flexibility index (Phi) is 7.86. The van der Waals surface area contributed by atoms with Crippen molar-refractivity contribution in [2.45, 2.75) is 84.2 Å². The third-order valence-corrected chi connectivity index (χ3v) is 8.11. The lowest BCUT2D eigenvalue weighted by atomic mass is 9.67. The number of benzene rings is 1. The van der Waals surface area contributed by atoms with Crippen molar-refractivity contribution < 1.29 is 28.5 Å². The van der Waals surface area contributed by atoms with E-state index in [1.807, 2.05) is 32.0 Å². The Hall–Kier alpha value is -2.31. The van der Waals surface area contributed by atoms with Crippen LogP contribution in [0.3, 0.4) is 0 Å². The van der Waals surface area contributed by atoms with E-state index >= 15 is 0 Å². The zero-order valence-corrected chi connectivity index (χ0v) is 22.8. The molecule has 6 nitrogen and oxygen atoms in total. The maximum atomic E-state index is 12.8. The van der Waals surface area contributed by atoms with Crippen LogP contribution < -0.4 is 9.47 Å². The van der Waals surface area contributed by atoms with Crippen LogP contribution in [0.15, 0.2) is 35.9 Å². The molecule has 1 aromatic carbocycles. The first-order chi connectivity index (χ1) is 17.1. The number of methoxy groups -OCH3 is 2. The van der Waals surface area contributed by atoms with Crippen molar-refractivity contribution in [3.05, 3.63) is 41.5 Å². The maximum absolute atomic E-state index is 12.8. The summed E-state index contributed by atoms with van der Waals surface area (Å²) in [5, 5.41) is 0. The van der Waals surface area contributed by atoms with Crippen molar-refractivity contribution >= 4 is 12.0 Å². The molecule has 2 aliphatic carbocycles. The summed E-state index contributed by atoms with van der Waals surface area (Å²) in [6.45, 7) is 11.4. The summed E-state index contributed by atoms with van der Waals surface area (Å²) < 4.78 is 29.3. The fraction of sp³-hybridized carbons (Fsp3) is 0.633. The third-order valence-electron chi connectivity index (χ3n) is 8.11. The van der Waals surface area contributed by atoms with Gasteiger partial charge < -0.3 is 23.7 Å². The van der Waals surface area contributed by atoms with Crippen molar-refractivity contribution in [1.29, 1.82) is 0 Å². The van der Waals surface area contributed by atoms with Crippen LogP contribution in [0.5, 0.6) is 11.5 Å². The fourth-order valence-corrected chi connectivity index (χ4v) is 6.10. The molecule has 1 spiro atoms. The van der Waals surface area contributed by atoms with Crippen molar-refractivity contribution in [2.75, 3.05) is 20.8 Å². The van der Waals surface area contributed by atoms with Crippen molar-refractivity contribution in [3.8, 4) is 11.5 Å². The number of carbonyl (C=O) groups is 1. The minimum atomic E-state index is -0.364. The highest BCUT2D eigenvalue weighted by atomic mass is 16.6. The molecule has 4 rings (SSSR count). The molecule has 3 fully saturated rings. The zero-order chi connectivity index (χ0) is 26.1. The first kappa shape index (κ1) is 26.7. The third kappa shape index (κ3) is 5.65. The molecule has 1 aliphatic heterocycles. The van der Waals surface area contributed by atoms with Crippen molar-refractivity contribution in [3.63, 3.8) is 0 Å². The molecule has 2 saturated carbocycles. The minimum absolute atomic E-state index is 0.0453. The lowest BCUT2D eigenvalue weighted by molar-refractivity contribution is -0.167. The SMILES string of the molecule is COc1cc(/C=C/C(=O)O[C@@H]2CC[C@]3(CO3)C([C@]3(C)CC3CC=C(C)C)[C@@H]2OC)ccc1OC(C)C. The van der Waals surface area contributed by atoms with Gasteiger partial charge in [-0.1, -0.05) is 24.6 Å². The van der Waals surface area contributed by atoms with E-state index in [1.54, 1.807) is 20.3 Å². The van der Waals surface area contributed by atoms with Gasteiger partial charge in [0, 0.05) is 19.1 Å². The average molecular weight is 499 g/mol. The van der Waals surface area contributed by atoms with Crippen molar-refractivity contribution in [2.24, 2.45) is 17.3 Å². The van der Waals surface area contributed by atoms with E-state index in [-0.39, 0.29) is 41.2 Å². The number of epoxide rings is 1. The zero-order valence-electron chi connectivity index (χ0n) is 22.8. The normalized spacial score (nSPS) is 33.0. The van der Waals surface area contributed by atoms with E-state index in [1.165, 1.54) is 11.6 Å². The van der Waals surface area contributed by atoms with Crippen LogP contribution in [-0.4, -0.2) is 50.7 Å². The second-order valence-corrected chi connectivity index (χ2v) is 11.4. The highest BCUT2D eigenvalue weighted by Gasteiger charge is 2.70. The quantitative estimate of drug-likeness (QED) is 0.171. The number of ether oxygens (including phenoxy) is 5. The topological polar surface area (TPSA) is 66.5 Å². The maximum Gasteiger partial charge on any atom is 0.331 e. The monoisotopic (exact) mass is 498 g/mol. The Morgan fingerprint density at radius 2 is 1.97 bits per heavy atom. The van der Waals surface area contributed by atoms with Crippen LogP contribution in [0, 0.1) is 17.3 Å². The predicted octanol–water partition coefficient (Wildman–Crippen LogP) is 5.98. The van der Waals surface area contributed by atoms with Crippen LogP contribution in [0.2, 0.25) is 0 Å². The van der Waals surface area contributed by atoms with E-state index in [0.29, 0.717) is 17.4 Å². The molecule has 0 radical (unpaired) electrons. The largest absolute Gasteiger partial charge is 0.493 e. The molecule has 1 heterocycles. The Morgan fingerprint density at radius 1 is 1.22 bits per heavy atom. The second kappa shape index (κ2) is 10.6. The smallest absolute Gasteiger partial charge is 0.331 e. The standard InChI is InChI=1S/C30H42O6/c1-19(2)8-11-22-17-29(22,5)28-27(33-7)24(14-15-30(28)18-34-30)36-26(31)13-10-21-9-12-23(35-20(3)4)25(16-21)32-6/h8-10,12-13,16,20,22,24,27-28H,11,14-15,17-18H2,1-7H3/b13-10+/t22?,24-,27-,28?,29-,30+/m1/s1. The summed E-state index contributed by atoms with van der Waals surface area (Å²) in [6.07, 6.45) is 9.03. The van der Waals surface area contributed by atoms with Crippen LogP contribution in [-0.2, 0) is 19.0 Å². The van der Waals surface area contributed by atoms with E-state index in [0.717, 1.165) is 37.9 Å². The summed E-state index contributed by atoms with van der Waals surface area (Å²) in [5.74, 6) is 1.78. The first-order valence-electron chi connectivity index (χ1n) is 13.2. The first-order valence-corrected chi connectivity index (χ1v) is 13.2. The molecule has 0 aromatic heterocycles. The summed E-state index contributed by atoms with van der Waals surface area (Å²) in [6, 6.07) is 5.60. The number of esters is 1. The summed E-state index contributed by atoms with van der Waals surface area (Å²) in [7, 11) is 3.34. The second-order valence-electron chi connectivity index (χ2n) is 11.4. The van der Waals surface area contributed by atoms with Gasteiger partial charge in [-0.05, 0) is 88.5 Å². The number of hydrogen-bond donors (Lipinski definition) is 0. The number of hydrogen-bond acceptors (Lipinski definition) is 6. The Balaban J connectivity index is 1.43. The predicted molar refractivity (Wildman–Crippen MR) is 140 cm³/mol. The molecule has 2 unspecified atom stereocenters. The van der Waals surface area contributed by atoms with Crippen LogP contribution in [0.1, 0.15) is 65.9 Å². The molecular weight excluding hydrogens is 456 g/mol. The minimum Gasteiger partial charge on any atom is -0.493 e. The van der Waals surface area contributed by atoms with Crippen LogP contribution in [0.4, 0.5) is 0 Å². The van der Waals surface area contributed by atoms with Gasteiger partial charge in [-0.15, -0.1) is 0 Å². The molecule has 6 atom stereocenters. The Bertz CT molecular complexity index is 1000. The van der Waals surface area contributed by atoms with Crippen LogP contribution in [0.25, 0.3) is 6.08 Å². The number of rotatable bonds is 10. The molecule has 0 bridgehead atoms. The van der Waals surface area contributed by atoms with Gasteiger partial charge in [0.2, 0.25) is 0 Å². The molecule has 36 heavy (non-hydrogen) atoms. The molecule has 1 saturated heterocycles. The molecular formula is C30H42O6. The molecule has 198 valence electrons. The van der Waals surface area contributed by atoms with Gasteiger partial charge in [0.15, 0.2) is 11.5 Å². The van der Waals surface area contributed by atoms with Gasteiger partial charge in [0.25, 0.3) is 0 Å². The number of allylic oxidation sites excluding steroid dienone is 2. The van der Waals surface area contributed by atoms with Gasteiger partial charge in [0.05, 0.1) is 25.4 Å². The summed E-state index contributed by atoms with van der Waals surface area (Å²) in [4.78, 5) is 12.8. The van der Waals surface area contributed by atoms with Gasteiger partial charge in [-0.25, -0.2) is 4.79 Å². The van der Waals surface area contributed by atoms with E-state index < -0.39 is 0 Å². The van der Waals surface area contributed by atoms with E-state index in [9.17, 15) is 4.79 Å². The van der Waals surface area contributed by atoms with E-state index in [4.69, 9.17) is 23.7 Å². The Labute approximate surface area is 216 Å². The van der Waals surface area contributed by atoms with Gasteiger partial charge >= 0.3 is 5.97 Å². The molecule has 1 aromatic rings. The summed E-state index contributed by atoms with van der Waals surface area (Å²) in [5.41, 5.74) is 2.21. The number of carbonyl (C=O) groups excluding carboxylic acids is 1. The van der Waals surface area contributed by atoms with Gasteiger partial charge in [-0.3, -0.25) is 0 Å². The molecule has 0 amide bonds. The van der Waals surface area contributed by atoms with Gasteiger partial charge in [-0.2, -0.15) is 0 Å². The lowest BCUT2D eigenvalue weighted by Crippen LogP contribution is -2.53. The molecule has 6 heteroatoms. The lowest BCUT2D eigenvalue weighted by Gasteiger charge is -2.44. The molecule has 0 N–H and O–H groups in total. The highest BCUT2D eigenvalue weighted by Crippen LogP contribution is 2.68. The molecule has 3 aliphatic rings.